The minimum atomic E-state index is -3.79. The summed E-state index contributed by atoms with van der Waals surface area (Å²) in [5.41, 5.74) is 0.709. The zero-order valence-electron chi connectivity index (χ0n) is 14.2. The van der Waals surface area contributed by atoms with E-state index in [1.807, 2.05) is 0 Å². The predicted molar refractivity (Wildman–Crippen MR) is 102 cm³/mol. The Morgan fingerprint density at radius 3 is 2.33 bits per heavy atom. The zero-order valence-corrected chi connectivity index (χ0v) is 16.5. The summed E-state index contributed by atoms with van der Waals surface area (Å²) < 4.78 is 39.9. The smallest absolute Gasteiger partial charge is 0.253 e. The molecular formula is C18H17Cl2FN2O3S. The quantitative estimate of drug-likeness (QED) is 0.782. The van der Waals surface area contributed by atoms with Gasteiger partial charge in [-0.2, -0.15) is 4.31 Å². The third kappa shape index (κ3) is 4.43. The fraction of sp³-hybridized carbons (Fsp3) is 0.278. The highest BCUT2D eigenvalue weighted by atomic mass is 35.5. The number of rotatable bonds is 5. The number of carbonyl (C=O) groups is 1. The van der Waals surface area contributed by atoms with Gasteiger partial charge in [-0.25, -0.2) is 12.8 Å². The van der Waals surface area contributed by atoms with Gasteiger partial charge in [-0.15, -0.1) is 0 Å². The van der Waals surface area contributed by atoms with E-state index in [0.29, 0.717) is 18.7 Å². The number of sulfonamides is 1. The molecule has 1 aliphatic rings. The lowest BCUT2D eigenvalue weighted by Crippen LogP contribution is -2.29. The normalized spacial score (nSPS) is 15.1. The summed E-state index contributed by atoms with van der Waals surface area (Å²) >= 11 is 12.2. The Labute approximate surface area is 167 Å². The van der Waals surface area contributed by atoms with E-state index in [2.05, 4.69) is 5.32 Å². The number of hydrogen-bond acceptors (Lipinski definition) is 3. The lowest BCUT2D eigenvalue weighted by Gasteiger charge is -2.17. The molecule has 2 aromatic rings. The van der Waals surface area contributed by atoms with Crippen molar-refractivity contribution in [1.82, 2.24) is 9.62 Å². The van der Waals surface area contributed by atoms with E-state index in [1.165, 1.54) is 28.6 Å². The average molecular weight is 431 g/mol. The molecule has 9 heteroatoms. The van der Waals surface area contributed by atoms with Crippen LogP contribution in [-0.4, -0.2) is 31.7 Å². The fourth-order valence-corrected chi connectivity index (χ4v) is 5.20. The summed E-state index contributed by atoms with van der Waals surface area (Å²) in [7, 11) is -3.79. The molecule has 0 spiro atoms. The molecule has 1 amide bonds. The number of amides is 1. The van der Waals surface area contributed by atoms with Crippen LogP contribution < -0.4 is 5.32 Å². The second kappa shape index (κ2) is 8.14. The van der Waals surface area contributed by atoms with Gasteiger partial charge >= 0.3 is 0 Å². The zero-order chi connectivity index (χ0) is 19.6. The highest BCUT2D eigenvalue weighted by molar-refractivity contribution is 7.89. The van der Waals surface area contributed by atoms with Crippen LogP contribution in [0.25, 0.3) is 0 Å². The van der Waals surface area contributed by atoms with Crippen molar-refractivity contribution in [2.75, 3.05) is 13.1 Å². The van der Waals surface area contributed by atoms with Gasteiger partial charge in [-0.1, -0.05) is 35.3 Å². The summed E-state index contributed by atoms with van der Waals surface area (Å²) in [6.07, 6.45) is 1.57. The molecule has 1 fully saturated rings. The summed E-state index contributed by atoms with van der Waals surface area (Å²) in [6, 6.07) is 8.14. The lowest BCUT2D eigenvalue weighted by atomic mass is 10.2. The standard InChI is InChI=1S/C18H17Cl2FN2O3S/c19-15-10-16(20)17(27(25,26)23-7-1-2-8-23)9-14(15)18(24)22-11-12-3-5-13(21)6-4-12/h3-6,9-10H,1-2,7-8,11H2,(H,22,24). The molecule has 144 valence electrons. The first-order valence-electron chi connectivity index (χ1n) is 8.31. The van der Waals surface area contributed by atoms with Gasteiger partial charge in [0.2, 0.25) is 10.0 Å². The van der Waals surface area contributed by atoms with Gasteiger partial charge in [-0.3, -0.25) is 4.79 Å². The van der Waals surface area contributed by atoms with Gasteiger partial charge in [0.05, 0.1) is 15.6 Å². The summed E-state index contributed by atoms with van der Waals surface area (Å²) in [6.45, 7) is 0.993. The number of halogens is 3. The molecule has 1 N–H and O–H groups in total. The largest absolute Gasteiger partial charge is 0.348 e. The highest BCUT2D eigenvalue weighted by Crippen LogP contribution is 2.32. The van der Waals surface area contributed by atoms with Crippen LogP contribution in [-0.2, 0) is 16.6 Å². The monoisotopic (exact) mass is 430 g/mol. The minimum Gasteiger partial charge on any atom is -0.348 e. The molecule has 0 atom stereocenters. The van der Waals surface area contributed by atoms with Crippen LogP contribution in [0.3, 0.4) is 0 Å². The van der Waals surface area contributed by atoms with Gasteiger partial charge in [0.15, 0.2) is 0 Å². The van der Waals surface area contributed by atoms with Crippen LogP contribution in [0.15, 0.2) is 41.3 Å². The Balaban J connectivity index is 1.84. The summed E-state index contributed by atoms with van der Waals surface area (Å²) in [5, 5.41) is 2.67. The Morgan fingerprint density at radius 1 is 1.07 bits per heavy atom. The van der Waals surface area contributed by atoms with Gasteiger partial charge in [0.25, 0.3) is 5.91 Å². The molecule has 3 rings (SSSR count). The highest BCUT2D eigenvalue weighted by Gasteiger charge is 2.30. The molecule has 5 nitrogen and oxygen atoms in total. The van der Waals surface area contributed by atoms with Gasteiger partial charge in [-0.05, 0) is 42.7 Å². The third-order valence-electron chi connectivity index (χ3n) is 4.32. The van der Waals surface area contributed by atoms with Gasteiger partial charge in [0, 0.05) is 19.6 Å². The molecule has 1 heterocycles. The van der Waals surface area contributed by atoms with E-state index in [9.17, 15) is 17.6 Å². The van der Waals surface area contributed by atoms with E-state index in [4.69, 9.17) is 23.2 Å². The fourth-order valence-electron chi connectivity index (χ4n) is 2.85. The molecule has 2 aromatic carbocycles. The Morgan fingerprint density at radius 2 is 1.70 bits per heavy atom. The number of hydrogen-bond donors (Lipinski definition) is 1. The number of benzene rings is 2. The van der Waals surface area contributed by atoms with Crippen LogP contribution in [0.5, 0.6) is 0 Å². The topological polar surface area (TPSA) is 66.5 Å². The maximum atomic E-state index is 12.9. The number of nitrogens with zero attached hydrogens (tertiary/aromatic N) is 1. The van der Waals surface area contributed by atoms with Crippen LogP contribution in [0.2, 0.25) is 10.0 Å². The van der Waals surface area contributed by atoms with E-state index in [0.717, 1.165) is 12.8 Å². The maximum Gasteiger partial charge on any atom is 0.253 e. The molecule has 0 aliphatic carbocycles. The van der Waals surface area contributed by atoms with E-state index < -0.39 is 15.9 Å². The first-order chi connectivity index (χ1) is 12.8. The molecule has 27 heavy (non-hydrogen) atoms. The first kappa shape index (κ1) is 20.1. The van der Waals surface area contributed by atoms with Crippen LogP contribution >= 0.6 is 23.2 Å². The van der Waals surface area contributed by atoms with Crippen LogP contribution in [0, 0.1) is 5.82 Å². The second-order valence-corrected chi connectivity index (χ2v) is 8.90. The SMILES string of the molecule is O=C(NCc1ccc(F)cc1)c1cc(S(=O)(=O)N2CCCC2)c(Cl)cc1Cl. The van der Waals surface area contributed by atoms with Gasteiger partial charge < -0.3 is 5.32 Å². The lowest BCUT2D eigenvalue weighted by molar-refractivity contribution is 0.0951. The molecule has 1 saturated heterocycles. The summed E-state index contributed by atoms with van der Waals surface area (Å²) in [4.78, 5) is 12.4. The van der Waals surface area contributed by atoms with Crippen LogP contribution in [0.1, 0.15) is 28.8 Å². The minimum absolute atomic E-state index is 0.0148. The van der Waals surface area contributed by atoms with Crippen molar-refractivity contribution in [3.05, 3.63) is 63.4 Å². The maximum absolute atomic E-state index is 12.9. The van der Waals surface area contributed by atoms with Crippen molar-refractivity contribution in [3.63, 3.8) is 0 Å². The molecule has 1 aliphatic heterocycles. The van der Waals surface area contributed by atoms with Crippen molar-refractivity contribution in [2.24, 2.45) is 0 Å². The van der Waals surface area contributed by atoms with E-state index in [-0.39, 0.29) is 32.9 Å². The summed E-state index contributed by atoms with van der Waals surface area (Å²) in [5.74, 6) is -0.915. The number of carbonyl (C=O) groups excluding carboxylic acids is 1. The molecular weight excluding hydrogens is 414 g/mol. The number of nitrogens with one attached hydrogen (secondary N) is 1. The van der Waals surface area contributed by atoms with Crippen molar-refractivity contribution in [2.45, 2.75) is 24.3 Å². The van der Waals surface area contributed by atoms with E-state index >= 15 is 0 Å². The van der Waals surface area contributed by atoms with Crippen molar-refractivity contribution in [3.8, 4) is 0 Å². The second-order valence-electron chi connectivity index (χ2n) is 6.18. The van der Waals surface area contributed by atoms with Crippen molar-refractivity contribution < 1.29 is 17.6 Å². The predicted octanol–water partition coefficient (Wildman–Crippen LogP) is 3.85. The molecule has 0 radical (unpaired) electrons. The molecule has 0 bridgehead atoms. The third-order valence-corrected chi connectivity index (χ3v) is 6.99. The van der Waals surface area contributed by atoms with Gasteiger partial charge in [0.1, 0.15) is 10.7 Å². The molecule has 0 unspecified atom stereocenters. The van der Waals surface area contributed by atoms with Crippen molar-refractivity contribution in [1.29, 1.82) is 0 Å². The first-order valence-corrected chi connectivity index (χ1v) is 10.5. The molecule has 0 aromatic heterocycles. The Hall–Kier alpha value is -1.67. The van der Waals surface area contributed by atoms with E-state index in [1.54, 1.807) is 12.1 Å². The Bertz CT molecular complexity index is 959. The Kier molecular flexibility index (Phi) is 6.05. The van der Waals surface area contributed by atoms with Crippen molar-refractivity contribution >= 4 is 39.1 Å². The average Bonchev–Trinajstić information content (AvgIpc) is 3.16. The van der Waals surface area contributed by atoms with Crippen LogP contribution in [0.4, 0.5) is 4.39 Å². The molecule has 0 saturated carbocycles.